The summed E-state index contributed by atoms with van der Waals surface area (Å²) in [5.74, 6) is -1.33. The lowest BCUT2D eigenvalue weighted by molar-refractivity contribution is -0.163. The number of amides is 2. The van der Waals surface area contributed by atoms with E-state index in [0.29, 0.717) is 11.3 Å². The van der Waals surface area contributed by atoms with E-state index < -0.39 is 46.6 Å². The molecule has 2 heterocycles. The predicted molar refractivity (Wildman–Crippen MR) is 134 cm³/mol. The maximum atomic E-state index is 13.0. The zero-order valence-electron chi connectivity index (χ0n) is 18.6. The van der Waals surface area contributed by atoms with E-state index in [9.17, 15) is 19.2 Å². The third kappa shape index (κ3) is 5.34. The second-order valence-electron chi connectivity index (χ2n) is 8.29. The molecule has 0 aromatic heterocycles. The lowest BCUT2D eigenvalue weighted by Crippen LogP contribution is -2.71. The van der Waals surface area contributed by atoms with Gasteiger partial charge in [-0.3, -0.25) is 14.4 Å². The first-order chi connectivity index (χ1) is 16.7. The highest BCUT2D eigenvalue weighted by Crippen LogP contribution is 2.51. The van der Waals surface area contributed by atoms with E-state index in [1.807, 2.05) is 6.07 Å². The summed E-state index contributed by atoms with van der Waals surface area (Å²) in [5.41, 5.74) is 0.403. The van der Waals surface area contributed by atoms with Gasteiger partial charge in [0.1, 0.15) is 23.2 Å². The third-order valence-corrected chi connectivity index (χ3v) is 8.65. The largest absolute Gasteiger partial charge is 0.484 e. The van der Waals surface area contributed by atoms with E-state index in [2.05, 4.69) is 21.2 Å². The fourth-order valence-electron chi connectivity index (χ4n) is 3.94. The topological polar surface area (TPSA) is 102 Å². The van der Waals surface area contributed by atoms with Crippen LogP contribution < -0.4 is 10.1 Å². The number of nitrogens with zero attached hydrogens (tertiary/aromatic N) is 1. The highest BCUT2D eigenvalue weighted by molar-refractivity contribution is 9.10. The molecular weight excluding hydrogens is 560 g/mol. The number of rotatable bonds is 9. The van der Waals surface area contributed by atoms with Crippen molar-refractivity contribution in [2.24, 2.45) is 0 Å². The number of alkyl halides is 1. The van der Waals surface area contributed by atoms with E-state index in [4.69, 9.17) is 21.1 Å². The molecule has 184 valence electrons. The number of halogens is 2. The number of hydrogen-bond donors (Lipinski definition) is 1. The normalized spacial score (nSPS) is 24.8. The number of carbonyl (C=O) groups excluding carboxylic acids is 4. The maximum absolute atomic E-state index is 13.0. The maximum Gasteiger partial charge on any atom is 0.330 e. The number of ketones is 1. The van der Waals surface area contributed by atoms with E-state index in [1.54, 1.807) is 55.5 Å². The Hall–Kier alpha value is -2.56. The first-order valence-electron chi connectivity index (χ1n) is 10.7. The Labute approximate surface area is 219 Å². The lowest BCUT2D eigenvalue weighted by Gasteiger charge is -2.43. The molecule has 0 spiro atoms. The Morgan fingerprint density at radius 2 is 1.80 bits per heavy atom. The van der Waals surface area contributed by atoms with Crippen molar-refractivity contribution in [1.82, 2.24) is 10.2 Å². The zero-order chi connectivity index (χ0) is 25.2. The van der Waals surface area contributed by atoms with Crippen LogP contribution in [0.4, 0.5) is 0 Å². The Morgan fingerprint density at radius 3 is 2.46 bits per heavy atom. The molecule has 11 heteroatoms. The van der Waals surface area contributed by atoms with Crippen LogP contribution in [0.15, 0.2) is 59.1 Å². The van der Waals surface area contributed by atoms with E-state index in [0.717, 1.165) is 4.47 Å². The minimum atomic E-state index is -0.978. The quantitative estimate of drug-likeness (QED) is 0.210. The van der Waals surface area contributed by atoms with Crippen molar-refractivity contribution in [1.29, 1.82) is 0 Å². The molecule has 2 aliphatic heterocycles. The second-order valence-corrected chi connectivity index (χ2v) is 11.1. The van der Waals surface area contributed by atoms with Crippen LogP contribution in [0.5, 0.6) is 5.75 Å². The number of benzene rings is 2. The average Bonchev–Trinajstić information content (AvgIpc) is 3.15. The second kappa shape index (κ2) is 10.6. The van der Waals surface area contributed by atoms with Crippen LogP contribution in [-0.2, 0) is 19.1 Å². The van der Waals surface area contributed by atoms with Gasteiger partial charge in [0, 0.05) is 15.9 Å². The molecule has 8 nitrogen and oxygen atoms in total. The summed E-state index contributed by atoms with van der Waals surface area (Å²) in [6.07, 6.45) is 0. The minimum absolute atomic E-state index is 0.0656. The van der Waals surface area contributed by atoms with Crippen LogP contribution >= 0.6 is 39.3 Å². The summed E-state index contributed by atoms with van der Waals surface area (Å²) in [5, 5.41) is 2.20. The van der Waals surface area contributed by atoms with Crippen molar-refractivity contribution in [3.05, 3.63) is 64.6 Å². The van der Waals surface area contributed by atoms with E-state index in [-0.39, 0.29) is 18.3 Å². The van der Waals surface area contributed by atoms with Crippen molar-refractivity contribution in [3.63, 3.8) is 0 Å². The molecule has 1 N–H and O–H groups in total. The Kier molecular flexibility index (Phi) is 7.73. The number of nitrogens with one attached hydrogen (secondary N) is 1. The van der Waals surface area contributed by atoms with E-state index >= 15 is 0 Å². The summed E-state index contributed by atoms with van der Waals surface area (Å²) >= 11 is 10.8. The van der Waals surface area contributed by atoms with Gasteiger partial charge in [0.05, 0.1) is 4.75 Å². The highest BCUT2D eigenvalue weighted by atomic mass is 79.9. The molecule has 2 aromatic rings. The summed E-state index contributed by atoms with van der Waals surface area (Å²) < 4.78 is 10.7. The molecule has 2 aliphatic rings. The van der Waals surface area contributed by atoms with Gasteiger partial charge in [0.15, 0.2) is 19.0 Å². The molecule has 2 aromatic carbocycles. The standard InChI is InChI=1S/C24H22BrClN2O6S/c1-24(13-26)20(23(32)34-11-17(29)14-7-9-15(25)10-8-14)28-21(31)19(22(28)35-24)27-18(30)12-33-16-5-3-2-4-6-16/h2-10,19-20,22H,11-13H2,1H3,(H,27,30)/t19-,20+,22+,24+/m1/s1. The fraction of sp³-hybridized carbons (Fsp3) is 0.333. The lowest BCUT2D eigenvalue weighted by atomic mass is 9.95. The molecule has 4 rings (SSSR count). The molecule has 0 bridgehead atoms. The first-order valence-corrected chi connectivity index (χ1v) is 12.9. The Balaban J connectivity index is 1.36. The molecule has 0 saturated carbocycles. The minimum Gasteiger partial charge on any atom is -0.484 e. The molecule has 2 amide bonds. The van der Waals surface area contributed by atoms with Gasteiger partial charge in [-0.05, 0) is 31.2 Å². The van der Waals surface area contributed by atoms with Gasteiger partial charge in [-0.2, -0.15) is 0 Å². The monoisotopic (exact) mass is 580 g/mol. The molecular formula is C24H22BrClN2O6S. The molecule has 0 aliphatic carbocycles. The number of thioether (sulfide) groups is 1. The number of carbonyl (C=O) groups is 4. The zero-order valence-corrected chi connectivity index (χ0v) is 21.8. The number of β-lactam (4-membered cyclic amide) rings is 1. The SMILES string of the molecule is C[C@@]1(CCl)S[C@H]2[C@H](NC(=O)COc3ccccc3)C(=O)N2[C@H]1C(=O)OCC(=O)c1ccc(Br)cc1. The van der Waals surface area contributed by atoms with Crippen LogP contribution in [0.3, 0.4) is 0 Å². The van der Waals surface area contributed by atoms with E-state index in [1.165, 1.54) is 16.7 Å². The summed E-state index contributed by atoms with van der Waals surface area (Å²) in [4.78, 5) is 52.0. The number of fused-ring (bicyclic) bond motifs is 1. The van der Waals surface area contributed by atoms with Gasteiger partial charge >= 0.3 is 5.97 Å². The third-order valence-electron chi connectivity index (χ3n) is 5.76. The van der Waals surface area contributed by atoms with Crippen molar-refractivity contribution >= 4 is 62.9 Å². The molecule has 2 saturated heterocycles. The first kappa shape index (κ1) is 25.5. The van der Waals surface area contributed by atoms with Crippen molar-refractivity contribution in [2.75, 3.05) is 19.1 Å². The number of hydrogen-bond acceptors (Lipinski definition) is 7. The van der Waals surface area contributed by atoms with Gasteiger partial charge in [-0.1, -0.05) is 46.3 Å². The molecule has 4 atom stereocenters. The number of Topliss-reactive ketones (excluding diaryl/α,β-unsaturated/α-hetero) is 1. The van der Waals surface area contributed by atoms with Crippen LogP contribution in [0.25, 0.3) is 0 Å². The van der Waals surface area contributed by atoms with Crippen LogP contribution in [-0.4, -0.2) is 69.8 Å². The van der Waals surface area contributed by atoms with Crippen LogP contribution in [0.1, 0.15) is 17.3 Å². The average molecular weight is 582 g/mol. The van der Waals surface area contributed by atoms with Gasteiger partial charge in [-0.15, -0.1) is 23.4 Å². The summed E-state index contributed by atoms with van der Waals surface area (Å²) in [7, 11) is 0. The van der Waals surface area contributed by atoms with Crippen molar-refractivity contribution in [2.45, 2.75) is 29.1 Å². The number of ether oxygens (including phenoxy) is 2. The smallest absolute Gasteiger partial charge is 0.330 e. The molecule has 35 heavy (non-hydrogen) atoms. The summed E-state index contributed by atoms with van der Waals surface area (Å²) in [6, 6.07) is 13.7. The Bertz CT molecular complexity index is 1130. The molecule has 0 radical (unpaired) electrons. The van der Waals surface area contributed by atoms with Gasteiger partial charge in [0.25, 0.3) is 5.91 Å². The van der Waals surface area contributed by atoms with Crippen LogP contribution in [0, 0.1) is 0 Å². The van der Waals surface area contributed by atoms with Crippen molar-refractivity contribution < 1.29 is 28.7 Å². The fourth-order valence-corrected chi connectivity index (χ4v) is 6.15. The van der Waals surface area contributed by atoms with Crippen LogP contribution in [0.2, 0.25) is 0 Å². The Morgan fingerprint density at radius 1 is 1.11 bits per heavy atom. The van der Waals surface area contributed by atoms with Gasteiger partial charge in [-0.25, -0.2) is 4.79 Å². The molecule has 0 unspecified atom stereocenters. The number of para-hydroxylation sites is 1. The number of esters is 1. The van der Waals surface area contributed by atoms with Crippen molar-refractivity contribution in [3.8, 4) is 5.75 Å². The molecule has 2 fully saturated rings. The predicted octanol–water partition coefficient (Wildman–Crippen LogP) is 3.02. The summed E-state index contributed by atoms with van der Waals surface area (Å²) in [6.45, 7) is 1.06. The highest BCUT2D eigenvalue weighted by Gasteiger charge is 2.65. The van der Waals surface area contributed by atoms with Gasteiger partial charge in [0.2, 0.25) is 5.91 Å². The van der Waals surface area contributed by atoms with Gasteiger partial charge < -0.3 is 19.7 Å².